The average Bonchev–Trinajstić information content (AvgIpc) is 2.99. The van der Waals surface area contributed by atoms with E-state index in [1.165, 1.54) is 11.3 Å². The quantitative estimate of drug-likeness (QED) is 0.686. The highest BCUT2D eigenvalue weighted by Gasteiger charge is 2.31. The van der Waals surface area contributed by atoms with E-state index in [-0.39, 0.29) is 12.0 Å². The largest absolute Gasteiger partial charge is 0.378 e. The van der Waals surface area contributed by atoms with Crippen molar-refractivity contribution in [3.05, 3.63) is 72.2 Å². The van der Waals surface area contributed by atoms with Crippen LogP contribution in [0.15, 0.2) is 61.1 Å². The Bertz CT molecular complexity index is 1150. The maximum absolute atomic E-state index is 12.9. The molecule has 1 amide bonds. The number of anilines is 1. The van der Waals surface area contributed by atoms with Gasteiger partial charge in [-0.1, -0.05) is 24.8 Å². The van der Waals surface area contributed by atoms with Gasteiger partial charge < -0.3 is 14.5 Å². The van der Waals surface area contributed by atoms with E-state index < -0.39 is 0 Å². The van der Waals surface area contributed by atoms with Gasteiger partial charge in [0.2, 0.25) is 0 Å². The number of fused-ring (bicyclic) bond motifs is 2. The van der Waals surface area contributed by atoms with E-state index in [4.69, 9.17) is 4.74 Å². The van der Waals surface area contributed by atoms with Crippen LogP contribution >= 0.6 is 0 Å². The first-order valence-electron chi connectivity index (χ1n) is 9.80. The van der Waals surface area contributed by atoms with Crippen LogP contribution in [0.1, 0.15) is 15.9 Å². The summed E-state index contributed by atoms with van der Waals surface area (Å²) >= 11 is 0. The number of rotatable bonds is 3. The van der Waals surface area contributed by atoms with Gasteiger partial charge in [0.15, 0.2) is 0 Å². The summed E-state index contributed by atoms with van der Waals surface area (Å²) < 4.78 is 5.29. The molecule has 146 valence electrons. The molecule has 0 bridgehead atoms. The molecule has 0 saturated carbocycles. The monoisotopic (exact) mass is 385 g/mol. The second kappa shape index (κ2) is 6.71. The fraction of sp³-hybridized carbons (Fsp3) is 0.250. The van der Waals surface area contributed by atoms with Crippen molar-refractivity contribution < 1.29 is 9.53 Å². The maximum atomic E-state index is 12.9. The molecule has 1 aromatic heterocycles. The van der Waals surface area contributed by atoms with Gasteiger partial charge in [0.1, 0.15) is 0 Å². The van der Waals surface area contributed by atoms with Crippen LogP contribution in [0.5, 0.6) is 0 Å². The van der Waals surface area contributed by atoms with Crippen LogP contribution < -0.4 is 4.90 Å². The molecule has 2 aliphatic rings. The Hall–Kier alpha value is -3.18. The Morgan fingerprint density at radius 1 is 1.17 bits per heavy atom. The van der Waals surface area contributed by atoms with E-state index >= 15 is 0 Å². The molecular weight excluding hydrogens is 362 g/mol. The summed E-state index contributed by atoms with van der Waals surface area (Å²) in [4.78, 5) is 21.2. The predicted molar refractivity (Wildman–Crippen MR) is 115 cm³/mol. The number of pyridine rings is 1. The molecule has 29 heavy (non-hydrogen) atoms. The Morgan fingerprint density at radius 2 is 2.00 bits per heavy atom. The van der Waals surface area contributed by atoms with E-state index in [2.05, 4.69) is 41.7 Å². The van der Waals surface area contributed by atoms with Crippen molar-refractivity contribution in [2.75, 3.05) is 32.1 Å². The number of aromatic nitrogens is 1. The van der Waals surface area contributed by atoms with Gasteiger partial charge in [0.05, 0.1) is 6.10 Å². The maximum Gasteiger partial charge on any atom is 0.254 e. The normalized spacial score (nSPS) is 16.3. The van der Waals surface area contributed by atoms with Crippen LogP contribution in [-0.2, 0) is 11.2 Å². The highest BCUT2D eigenvalue weighted by molar-refractivity contribution is 6.03. The van der Waals surface area contributed by atoms with Crippen molar-refractivity contribution in [1.82, 2.24) is 9.88 Å². The molecule has 5 nitrogen and oxygen atoms in total. The standard InChI is InChI=1S/C24H23N3O2/c1-15-8-17-5-4-16(10-23(17)26(15)2)22-12-25-11-19-7-6-18(9-21(19)22)24(28)27-13-20(14-27)29-3/h4-7,9-12,20H,1,8,13-14H2,2-3H3. The minimum Gasteiger partial charge on any atom is -0.378 e. The molecule has 0 radical (unpaired) electrons. The number of likely N-dealkylation sites (N-methyl/N-ethyl adjacent to an activating group) is 1. The molecule has 2 aromatic carbocycles. The van der Waals surface area contributed by atoms with Gasteiger partial charge in [-0.25, -0.2) is 0 Å². The number of nitrogens with zero attached hydrogens (tertiary/aromatic N) is 3. The fourth-order valence-corrected chi connectivity index (χ4v) is 4.16. The molecular formula is C24H23N3O2. The summed E-state index contributed by atoms with van der Waals surface area (Å²) in [7, 11) is 3.74. The molecule has 1 fully saturated rings. The van der Waals surface area contributed by atoms with Gasteiger partial charge in [-0.3, -0.25) is 9.78 Å². The number of amides is 1. The molecule has 5 heteroatoms. The number of methoxy groups -OCH3 is 1. The lowest BCUT2D eigenvalue weighted by Crippen LogP contribution is -2.54. The molecule has 0 N–H and O–H groups in total. The zero-order valence-corrected chi connectivity index (χ0v) is 16.7. The van der Waals surface area contributed by atoms with Crippen LogP contribution in [0, 0.1) is 0 Å². The Morgan fingerprint density at radius 3 is 2.79 bits per heavy atom. The van der Waals surface area contributed by atoms with Crippen molar-refractivity contribution >= 4 is 22.4 Å². The third kappa shape index (κ3) is 2.89. The molecule has 0 unspecified atom stereocenters. The average molecular weight is 385 g/mol. The first-order chi connectivity index (χ1) is 14.0. The highest BCUT2D eigenvalue weighted by Crippen LogP contribution is 2.37. The molecule has 0 spiro atoms. The van der Waals surface area contributed by atoms with Gasteiger partial charge in [-0.05, 0) is 34.7 Å². The number of benzene rings is 2. The Balaban J connectivity index is 1.55. The lowest BCUT2D eigenvalue weighted by molar-refractivity contribution is -0.0191. The molecule has 3 heterocycles. The lowest BCUT2D eigenvalue weighted by Gasteiger charge is -2.38. The molecule has 0 atom stereocenters. The number of carbonyl (C=O) groups is 1. The number of likely N-dealkylation sites (tertiary alicyclic amines) is 1. The number of allylic oxidation sites excluding steroid dienone is 1. The van der Waals surface area contributed by atoms with Crippen molar-refractivity contribution in [3.63, 3.8) is 0 Å². The molecule has 1 saturated heterocycles. The molecule has 5 rings (SSSR count). The summed E-state index contributed by atoms with van der Waals surface area (Å²) in [5.74, 6) is 0.0490. The Kier molecular flexibility index (Phi) is 4.14. The topological polar surface area (TPSA) is 45.7 Å². The van der Waals surface area contributed by atoms with E-state index in [0.29, 0.717) is 18.7 Å². The van der Waals surface area contributed by atoms with Crippen molar-refractivity contribution in [1.29, 1.82) is 0 Å². The van der Waals surface area contributed by atoms with Crippen LogP contribution in [0.2, 0.25) is 0 Å². The van der Waals surface area contributed by atoms with Gasteiger partial charge >= 0.3 is 0 Å². The zero-order chi connectivity index (χ0) is 20.1. The summed E-state index contributed by atoms with van der Waals surface area (Å²) in [6.07, 6.45) is 4.76. The van der Waals surface area contributed by atoms with Gasteiger partial charge in [0.25, 0.3) is 5.91 Å². The second-order valence-corrected chi connectivity index (χ2v) is 7.84. The van der Waals surface area contributed by atoms with E-state index in [0.717, 1.165) is 34.0 Å². The fourth-order valence-electron chi connectivity index (χ4n) is 4.16. The smallest absolute Gasteiger partial charge is 0.254 e. The van der Waals surface area contributed by atoms with Crippen LogP contribution in [0.4, 0.5) is 5.69 Å². The van der Waals surface area contributed by atoms with Gasteiger partial charge in [0, 0.05) is 74.0 Å². The molecule has 0 aliphatic carbocycles. The minimum absolute atomic E-state index is 0.0490. The number of ether oxygens (including phenoxy) is 1. The second-order valence-electron chi connectivity index (χ2n) is 7.84. The lowest BCUT2D eigenvalue weighted by atomic mass is 9.97. The van der Waals surface area contributed by atoms with Crippen LogP contribution in [0.25, 0.3) is 21.9 Å². The first kappa shape index (κ1) is 17.9. The van der Waals surface area contributed by atoms with E-state index in [1.54, 1.807) is 7.11 Å². The van der Waals surface area contributed by atoms with Gasteiger partial charge in [-0.2, -0.15) is 0 Å². The van der Waals surface area contributed by atoms with E-state index in [1.807, 2.05) is 35.5 Å². The third-order valence-corrected chi connectivity index (χ3v) is 6.10. The highest BCUT2D eigenvalue weighted by atomic mass is 16.5. The Labute approximate surface area is 170 Å². The first-order valence-corrected chi connectivity index (χ1v) is 9.80. The number of carbonyl (C=O) groups excluding carboxylic acids is 1. The number of hydrogen-bond acceptors (Lipinski definition) is 4. The predicted octanol–water partition coefficient (Wildman–Crippen LogP) is 3.88. The summed E-state index contributed by atoms with van der Waals surface area (Å²) in [5.41, 5.74) is 6.40. The van der Waals surface area contributed by atoms with Crippen molar-refractivity contribution in [3.8, 4) is 11.1 Å². The summed E-state index contributed by atoms with van der Waals surface area (Å²) in [6.45, 7) is 5.44. The molecule has 3 aromatic rings. The van der Waals surface area contributed by atoms with Crippen molar-refractivity contribution in [2.24, 2.45) is 0 Å². The minimum atomic E-state index is 0.0490. The summed E-state index contributed by atoms with van der Waals surface area (Å²) in [5, 5.41) is 2.06. The van der Waals surface area contributed by atoms with Crippen LogP contribution in [0.3, 0.4) is 0 Å². The van der Waals surface area contributed by atoms with Crippen LogP contribution in [-0.4, -0.2) is 49.1 Å². The number of hydrogen-bond donors (Lipinski definition) is 0. The third-order valence-electron chi connectivity index (χ3n) is 6.10. The van der Waals surface area contributed by atoms with Gasteiger partial charge in [-0.15, -0.1) is 0 Å². The van der Waals surface area contributed by atoms with Crippen molar-refractivity contribution in [2.45, 2.75) is 12.5 Å². The van der Waals surface area contributed by atoms with E-state index in [9.17, 15) is 4.79 Å². The zero-order valence-electron chi connectivity index (χ0n) is 16.7. The summed E-state index contributed by atoms with van der Waals surface area (Å²) in [6, 6.07) is 12.3. The molecule has 2 aliphatic heterocycles. The SMILES string of the molecule is C=C1Cc2ccc(-c3cncc4ccc(C(=O)N5CC(OC)C5)cc34)cc2N1C.